The predicted molar refractivity (Wildman–Crippen MR) is 81.5 cm³/mol. The molecule has 0 fully saturated rings. The Hall–Kier alpha value is -2.50. The molecule has 0 radical (unpaired) electrons. The molecule has 0 aliphatic heterocycles. The maximum Gasteiger partial charge on any atom is 0.408 e. The van der Waals surface area contributed by atoms with E-state index in [9.17, 15) is 14.7 Å². The Bertz CT molecular complexity index is 510. The summed E-state index contributed by atoms with van der Waals surface area (Å²) in [6.45, 7) is 6.96. The average Bonchev–Trinajstić information content (AvgIpc) is 2.45. The molecule has 0 saturated carbocycles. The molecule has 6 nitrogen and oxygen atoms in total. The second-order valence-electron chi connectivity index (χ2n) is 4.94. The normalized spacial score (nSPS) is 11.6. The van der Waals surface area contributed by atoms with Gasteiger partial charge in [0.05, 0.1) is 6.10 Å². The van der Waals surface area contributed by atoms with E-state index in [-0.39, 0.29) is 24.9 Å². The number of aromatic hydroxyl groups is 1. The highest BCUT2D eigenvalue weighted by Crippen LogP contribution is 2.12. The van der Waals surface area contributed by atoms with Gasteiger partial charge < -0.3 is 19.9 Å². The first-order valence-electron chi connectivity index (χ1n) is 6.95. The Morgan fingerprint density at radius 1 is 1.32 bits per heavy atom. The van der Waals surface area contributed by atoms with Crippen LogP contribution in [0.15, 0.2) is 36.9 Å². The smallest absolute Gasteiger partial charge is 0.408 e. The predicted octanol–water partition coefficient (Wildman–Crippen LogP) is 2.17. The summed E-state index contributed by atoms with van der Waals surface area (Å²) in [7, 11) is 0. The van der Waals surface area contributed by atoms with Crippen LogP contribution in [0.2, 0.25) is 0 Å². The van der Waals surface area contributed by atoms with Gasteiger partial charge in [0.1, 0.15) is 18.4 Å². The Kier molecular flexibility index (Phi) is 6.95. The van der Waals surface area contributed by atoms with Crippen molar-refractivity contribution in [2.45, 2.75) is 32.4 Å². The number of hydrogen-bond acceptors (Lipinski definition) is 5. The van der Waals surface area contributed by atoms with Gasteiger partial charge in [-0.1, -0.05) is 24.8 Å². The number of carbonyl (C=O) groups is 2. The van der Waals surface area contributed by atoms with Gasteiger partial charge in [-0.05, 0) is 31.5 Å². The molecule has 1 aromatic rings. The van der Waals surface area contributed by atoms with Crippen LogP contribution in [0.25, 0.3) is 0 Å². The number of ether oxygens (including phenoxy) is 2. The lowest BCUT2D eigenvalue weighted by Crippen LogP contribution is -2.44. The lowest BCUT2D eigenvalue weighted by Gasteiger charge is -2.18. The summed E-state index contributed by atoms with van der Waals surface area (Å²) < 4.78 is 9.95. The quantitative estimate of drug-likeness (QED) is 0.595. The molecule has 0 saturated heterocycles. The van der Waals surface area contributed by atoms with E-state index in [0.29, 0.717) is 0 Å². The van der Waals surface area contributed by atoms with Crippen molar-refractivity contribution >= 4 is 12.1 Å². The van der Waals surface area contributed by atoms with E-state index in [2.05, 4.69) is 11.9 Å². The maximum atomic E-state index is 12.0. The molecule has 0 unspecified atom stereocenters. The molecule has 0 heterocycles. The molecule has 1 aromatic carbocycles. The van der Waals surface area contributed by atoms with E-state index in [1.807, 2.05) is 0 Å². The van der Waals surface area contributed by atoms with Crippen LogP contribution in [0, 0.1) is 0 Å². The molecule has 0 aliphatic rings. The summed E-state index contributed by atoms with van der Waals surface area (Å²) in [6.07, 6.45) is 0.693. The molecule has 6 heteroatoms. The maximum absolute atomic E-state index is 12.0. The first-order valence-corrected chi connectivity index (χ1v) is 6.95. The van der Waals surface area contributed by atoms with Crippen LogP contribution in [-0.4, -0.2) is 35.9 Å². The van der Waals surface area contributed by atoms with Gasteiger partial charge in [0.2, 0.25) is 0 Å². The third kappa shape index (κ3) is 6.30. The zero-order valence-corrected chi connectivity index (χ0v) is 12.7. The first kappa shape index (κ1) is 17.6. The number of phenols is 1. The van der Waals surface area contributed by atoms with Crippen molar-refractivity contribution in [2.24, 2.45) is 0 Å². The van der Waals surface area contributed by atoms with E-state index < -0.39 is 18.1 Å². The summed E-state index contributed by atoms with van der Waals surface area (Å²) in [6, 6.07) is 5.47. The van der Waals surface area contributed by atoms with Crippen molar-refractivity contribution < 1.29 is 24.2 Å². The number of amides is 1. The van der Waals surface area contributed by atoms with Gasteiger partial charge in [-0.3, -0.25) is 0 Å². The fraction of sp³-hybridized carbons (Fsp3) is 0.375. The second kappa shape index (κ2) is 8.71. The molecule has 1 atom stereocenters. The largest absolute Gasteiger partial charge is 0.508 e. The summed E-state index contributed by atoms with van der Waals surface area (Å²) in [4.78, 5) is 23.7. The van der Waals surface area contributed by atoms with Crippen LogP contribution >= 0.6 is 0 Å². The second-order valence-corrected chi connectivity index (χ2v) is 4.94. The van der Waals surface area contributed by atoms with Crippen LogP contribution in [0.1, 0.15) is 19.4 Å². The van der Waals surface area contributed by atoms with E-state index in [1.54, 1.807) is 26.0 Å². The van der Waals surface area contributed by atoms with Gasteiger partial charge in [0, 0.05) is 6.42 Å². The van der Waals surface area contributed by atoms with Gasteiger partial charge in [-0.25, -0.2) is 9.59 Å². The first-order chi connectivity index (χ1) is 10.4. The van der Waals surface area contributed by atoms with Crippen molar-refractivity contribution in [1.82, 2.24) is 5.32 Å². The average molecular weight is 307 g/mol. The Morgan fingerprint density at radius 2 is 1.95 bits per heavy atom. The summed E-state index contributed by atoms with van der Waals surface area (Å²) in [5.41, 5.74) is 0.767. The molecule has 0 aliphatic carbocycles. The third-order valence-corrected chi connectivity index (χ3v) is 2.64. The lowest BCUT2D eigenvalue weighted by atomic mass is 10.1. The molecular weight excluding hydrogens is 286 g/mol. The number of phenolic OH excluding ortho intramolecular Hbond substituents is 1. The van der Waals surface area contributed by atoms with Crippen LogP contribution in [-0.2, 0) is 20.7 Å². The Balaban J connectivity index is 2.76. The third-order valence-electron chi connectivity index (χ3n) is 2.64. The highest BCUT2D eigenvalue weighted by Gasteiger charge is 2.23. The number of rotatable bonds is 7. The molecular formula is C16H21NO5. The molecule has 0 bridgehead atoms. The van der Waals surface area contributed by atoms with Gasteiger partial charge in [0.25, 0.3) is 0 Å². The highest BCUT2D eigenvalue weighted by atomic mass is 16.6. The fourth-order valence-corrected chi connectivity index (χ4v) is 1.69. The van der Waals surface area contributed by atoms with Crippen LogP contribution < -0.4 is 5.32 Å². The van der Waals surface area contributed by atoms with Crippen molar-refractivity contribution in [3.63, 3.8) is 0 Å². The lowest BCUT2D eigenvalue weighted by molar-refractivity contribution is -0.144. The topological polar surface area (TPSA) is 84.9 Å². The highest BCUT2D eigenvalue weighted by molar-refractivity contribution is 5.81. The van der Waals surface area contributed by atoms with E-state index >= 15 is 0 Å². The van der Waals surface area contributed by atoms with Gasteiger partial charge >= 0.3 is 12.1 Å². The summed E-state index contributed by atoms with van der Waals surface area (Å²) >= 11 is 0. The van der Waals surface area contributed by atoms with Crippen molar-refractivity contribution in [1.29, 1.82) is 0 Å². The summed E-state index contributed by atoms with van der Waals surface area (Å²) in [5.74, 6) is -0.449. The Morgan fingerprint density at radius 3 is 2.50 bits per heavy atom. The standard InChI is InChI=1S/C16H21NO5/c1-4-9-21-15(19)14(17-16(20)22-11(2)3)10-12-5-7-13(18)8-6-12/h4-8,11,14,18H,1,9-10H2,2-3H3,(H,17,20)/t14-/m0/s1. The van der Waals surface area contributed by atoms with Crippen molar-refractivity contribution in [3.8, 4) is 5.75 Å². The number of carbonyl (C=O) groups excluding carboxylic acids is 2. The van der Waals surface area contributed by atoms with E-state index in [4.69, 9.17) is 9.47 Å². The molecule has 22 heavy (non-hydrogen) atoms. The number of alkyl carbamates (subject to hydrolysis) is 1. The minimum Gasteiger partial charge on any atom is -0.508 e. The molecule has 0 spiro atoms. The van der Waals surface area contributed by atoms with Crippen LogP contribution in [0.3, 0.4) is 0 Å². The number of esters is 1. The van der Waals surface area contributed by atoms with Crippen LogP contribution in [0.5, 0.6) is 5.75 Å². The van der Waals surface area contributed by atoms with Crippen LogP contribution in [0.4, 0.5) is 4.79 Å². The van der Waals surface area contributed by atoms with Crippen molar-refractivity contribution in [2.75, 3.05) is 6.61 Å². The van der Waals surface area contributed by atoms with Gasteiger partial charge in [-0.15, -0.1) is 0 Å². The Labute approximate surface area is 129 Å². The van der Waals surface area contributed by atoms with E-state index in [1.165, 1.54) is 18.2 Å². The molecule has 1 rings (SSSR count). The fourth-order valence-electron chi connectivity index (χ4n) is 1.69. The minimum absolute atomic E-state index is 0.0613. The molecule has 120 valence electrons. The number of benzene rings is 1. The van der Waals surface area contributed by atoms with Gasteiger partial charge in [-0.2, -0.15) is 0 Å². The zero-order valence-electron chi connectivity index (χ0n) is 12.7. The monoisotopic (exact) mass is 307 g/mol. The SMILES string of the molecule is C=CCOC(=O)[C@H](Cc1ccc(O)cc1)NC(=O)OC(C)C. The molecule has 0 aromatic heterocycles. The van der Waals surface area contributed by atoms with Crippen molar-refractivity contribution in [3.05, 3.63) is 42.5 Å². The molecule has 1 amide bonds. The summed E-state index contributed by atoms with van der Waals surface area (Å²) in [5, 5.41) is 11.8. The molecule has 2 N–H and O–H groups in total. The minimum atomic E-state index is -0.879. The number of nitrogens with one attached hydrogen (secondary N) is 1. The zero-order chi connectivity index (χ0) is 16.5. The van der Waals surface area contributed by atoms with Gasteiger partial charge in [0.15, 0.2) is 0 Å². The number of hydrogen-bond donors (Lipinski definition) is 2. The van der Waals surface area contributed by atoms with E-state index in [0.717, 1.165) is 5.56 Å².